The summed E-state index contributed by atoms with van der Waals surface area (Å²) in [7, 11) is 5.00. The fraction of sp³-hybridized carbons (Fsp3) is 0.409. The van der Waals surface area contributed by atoms with Crippen LogP contribution in [-0.2, 0) is 24.3 Å². The van der Waals surface area contributed by atoms with Crippen LogP contribution in [0.25, 0.3) is 0 Å². The monoisotopic (exact) mass is 385 g/mol. The van der Waals surface area contributed by atoms with Gasteiger partial charge in [-0.15, -0.1) is 0 Å². The van der Waals surface area contributed by atoms with Gasteiger partial charge in [0.15, 0.2) is 17.5 Å². The molecule has 0 unspecified atom stereocenters. The van der Waals surface area contributed by atoms with Crippen LogP contribution < -0.4 is 20.1 Å². The van der Waals surface area contributed by atoms with E-state index in [-0.39, 0.29) is 0 Å². The lowest BCUT2D eigenvalue weighted by molar-refractivity contribution is 0.185. The minimum atomic E-state index is 0.624. The number of rotatable bonds is 10. The van der Waals surface area contributed by atoms with Gasteiger partial charge in [-0.3, -0.25) is 0 Å². The van der Waals surface area contributed by atoms with Crippen LogP contribution in [0.15, 0.2) is 47.5 Å². The van der Waals surface area contributed by atoms with Crippen LogP contribution in [0.5, 0.6) is 11.5 Å². The first-order chi connectivity index (χ1) is 13.7. The molecule has 0 aliphatic rings. The zero-order valence-electron chi connectivity index (χ0n) is 17.2. The van der Waals surface area contributed by atoms with Gasteiger partial charge < -0.3 is 24.8 Å². The average molecular weight is 386 g/mol. The topological polar surface area (TPSA) is 64.1 Å². The molecule has 6 heteroatoms. The first kappa shape index (κ1) is 21.6. The van der Waals surface area contributed by atoms with Crippen molar-refractivity contribution in [3.63, 3.8) is 0 Å². The molecule has 0 saturated heterocycles. The van der Waals surface area contributed by atoms with E-state index in [1.807, 2.05) is 12.1 Å². The molecule has 2 aromatic carbocycles. The zero-order chi connectivity index (χ0) is 20.2. The summed E-state index contributed by atoms with van der Waals surface area (Å²) in [5.41, 5.74) is 3.50. The lowest BCUT2D eigenvalue weighted by Crippen LogP contribution is -2.38. The molecule has 0 aliphatic heterocycles. The van der Waals surface area contributed by atoms with E-state index < -0.39 is 0 Å². The number of nitrogens with zero attached hydrogens (tertiary/aromatic N) is 1. The molecule has 0 radical (unpaired) electrons. The molecule has 0 spiro atoms. The summed E-state index contributed by atoms with van der Waals surface area (Å²) in [5.74, 6) is 2.30. The third kappa shape index (κ3) is 6.78. The predicted molar refractivity (Wildman–Crippen MR) is 113 cm³/mol. The Bertz CT molecular complexity index is 745. The molecule has 152 valence electrons. The lowest BCUT2D eigenvalue weighted by Gasteiger charge is -2.13. The third-order valence-electron chi connectivity index (χ3n) is 4.25. The van der Waals surface area contributed by atoms with E-state index in [9.17, 15) is 0 Å². The van der Waals surface area contributed by atoms with Crippen LogP contribution in [-0.4, -0.2) is 40.4 Å². The second-order valence-electron chi connectivity index (χ2n) is 6.31. The maximum Gasteiger partial charge on any atom is 0.191 e. The molecule has 0 aliphatic carbocycles. The van der Waals surface area contributed by atoms with Crippen molar-refractivity contribution in [1.29, 1.82) is 0 Å². The van der Waals surface area contributed by atoms with Gasteiger partial charge in [0.2, 0.25) is 0 Å². The minimum absolute atomic E-state index is 0.624. The summed E-state index contributed by atoms with van der Waals surface area (Å²) in [6.45, 7) is 4.90. The molecule has 0 aromatic heterocycles. The van der Waals surface area contributed by atoms with Crippen LogP contribution in [0.4, 0.5) is 0 Å². The smallest absolute Gasteiger partial charge is 0.191 e. The molecule has 0 bridgehead atoms. The molecular weight excluding hydrogens is 354 g/mol. The number of ether oxygens (including phenoxy) is 3. The van der Waals surface area contributed by atoms with Crippen molar-refractivity contribution in [2.75, 3.05) is 34.4 Å². The van der Waals surface area contributed by atoms with Crippen LogP contribution in [0, 0.1) is 0 Å². The van der Waals surface area contributed by atoms with Crippen molar-refractivity contribution in [3.8, 4) is 11.5 Å². The van der Waals surface area contributed by atoms with Crippen molar-refractivity contribution in [3.05, 3.63) is 59.2 Å². The SMILES string of the molecule is CCNC(=NCc1ccc(COC)cc1)NCCc1ccc(OC)c(OC)c1. The quantitative estimate of drug-likeness (QED) is 0.486. The normalized spacial score (nSPS) is 11.2. The van der Waals surface area contributed by atoms with Crippen molar-refractivity contribution in [2.45, 2.75) is 26.5 Å². The van der Waals surface area contributed by atoms with Crippen molar-refractivity contribution >= 4 is 5.96 Å². The second-order valence-corrected chi connectivity index (χ2v) is 6.31. The molecule has 2 aromatic rings. The Morgan fingerprint density at radius 1 is 0.857 bits per heavy atom. The predicted octanol–water partition coefficient (Wildman–Crippen LogP) is 3.15. The summed E-state index contributed by atoms with van der Waals surface area (Å²) in [6.07, 6.45) is 0.858. The Labute approximate surface area is 167 Å². The Kier molecular flexibility index (Phi) is 9.15. The molecule has 0 saturated carbocycles. The van der Waals surface area contributed by atoms with E-state index in [0.717, 1.165) is 48.1 Å². The van der Waals surface area contributed by atoms with Gasteiger partial charge in [0, 0.05) is 20.2 Å². The summed E-state index contributed by atoms with van der Waals surface area (Å²) in [5, 5.41) is 6.67. The van der Waals surface area contributed by atoms with Gasteiger partial charge in [-0.2, -0.15) is 0 Å². The molecule has 2 rings (SSSR count). The van der Waals surface area contributed by atoms with Gasteiger partial charge in [-0.05, 0) is 42.2 Å². The van der Waals surface area contributed by atoms with E-state index in [1.54, 1.807) is 21.3 Å². The highest BCUT2D eigenvalue weighted by atomic mass is 16.5. The van der Waals surface area contributed by atoms with Gasteiger partial charge in [-0.25, -0.2) is 4.99 Å². The largest absolute Gasteiger partial charge is 0.493 e. The molecule has 0 heterocycles. The standard InChI is InChI=1S/C22H31N3O3/c1-5-23-22(25-15-18-6-8-19(9-7-18)16-26-2)24-13-12-17-10-11-20(27-3)21(14-17)28-4/h6-11,14H,5,12-13,15-16H2,1-4H3,(H2,23,24,25). The van der Waals surface area contributed by atoms with Crippen LogP contribution in [0.2, 0.25) is 0 Å². The van der Waals surface area contributed by atoms with Gasteiger partial charge in [0.1, 0.15) is 0 Å². The number of methoxy groups -OCH3 is 3. The Morgan fingerprint density at radius 2 is 1.54 bits per heavy atom. The number of hydrogen-bond acceptors (Lipinski definition) is 4. The molecule has 28 heavy (non-hydrogen) atoms. The van der Waals surface area contributed by atoms with Crippen LogP contribution in [0.3, 0.4) is 0 Å². The number of hydrogen-bond donors (Lipinski definition) is 2. The number of guanidine groups is 1. The average Bonchev–Trinajstić information content (AvgIpc) is 2.73. The first-order valence-corrected chi connectivity index (χ1v) is 9.50. The Morgan fingerprint density at radius 3 is 2.18 bits per heavy atom. The molecule has 6 nitrogen and oxygen atoms in total. The molecule has 0 amide bonds. The van der Waals surface area contributed by atoms with Gasteiger partial charge in [-0.1, -0.05) is 30.3 Å². The molecule has 0 atom stereocenters. The Balaban J connectivity index is 1.90. The highest BCUT2D eigenvalue weighted by Crippen LogP contribution is 2.27. The Hall–Kier alpha value is -2.73. The first-order valence-electron chi connectivity index (χ1n) is 9.50. The summed E-state index contributed by atoms with van der Waals surface area (Å²) >= 11 is 0. The zero-order valence-corrected chi connectivity index (χ0v) is 17.2. The number of benzene rings is 2. The van der Waals surface area contributed by atoms with Gasteiger partial charge in [0.25, 0.3) is 0 Å². The summed E-state index contributed by atoms with van der Waals surface area (Å²) in [6, 6.07) is 14.3. The van der Waals surface area contributed by atoms with E-state index in [0.29, 0.717) is 13.2 Å². The van der Waals surface area contributed by atoms with E-state index in [4.69, 9.17) is 14.2 Å². The van der Waals surface area contributed by atoms with E-state index >= 15 is 0 Å². The van der Waals surface area contributed by atoms with Crippen molar-refractivity contribution < 1.29 is 14.2 Å². The van der Waals surface area contributed by atoms with Crippen LogP contribution in [0.1, 0.15) is 23.6 Å². The summed E-state index contributed by atoms with van der Waals surface area (Å²) < 4.78 is 15.8. The maximum atomic E-state index is 5.36. The van der Waals surface area contributed by atoms with Crippen LogP contribution >= 0.6 is 0 Å². The molecule has 2 N–H and O–H groups in total. The third-order valence-corrected chi connectivity index (χ3v) is 4.25. The number of nitrogens with one attached hydrogen (secondary N) is 2. The van der Waals surface area contributed by atoms with E-state index in [2.05, 4.69) is 52.9 Å². The van der Waals surface area contributed by atoms with Gasteiger partial charge >= 0.3 is 0 Å². The highest BCUT2D eigenvalue weighted by Gasteiger charge is 2.05. The fourth-order valence-corrected chi connectivity index (χ4v) is 2.78. The van der Waals surface area contributed by atoms with Gasteiger partial charge in [0.05, 0.1) is 27.4 Å². The summed E-state index contributed by atoms with van der Waals surface area (Å²) in [4.78, 5) is 4.67. The second kappa shape index (κ2) is 11.9. The number of aliphatic imine (C=N–C) groups is 1. The van der Waals surface area contributed by atoms with Crippen molar-refractivity contribution in [2.24, 2.45) is 4.99 Å². The highest BCUT2D eigenvalue weighted by molar-refractivity contribution is 5.79. The molecular formula is C22H31N3O3. The maximum absolute atomic E-state index is 5.36. The molecule has 0 fully saturated rings. The fourth-order valence-electron chi connectivity index (χ4n) is 2.78. The minimum Gasteiger partial charge on any atom is -0.493 e. The van der Waals surface area contributed by atoms with E-state index in [1.165, 1.54) is 5.56 Å². The lowest BCUT2D eigenvalue weighted by atomic mass is 10.1. The van der Waals surface area contributed by atoms with Crippen molar-refractivity contribution in [1.82, 2.24) is 10.6 Å².